The molecule has 2 rings (SSSR count). The van der Waals surface area contributed by atoms with E-state index < -0.39 is 0 Å². The molecule has 0 spiro atoms. The van der Waals surface area contributed by atoms with E-state index >= 15 is 0 Å². The number of nitrogens with zero attached hydrogens (tertiary/aromatic N) is 1. The highest BCUT2D eigenvalue weighted by molar-refractivity contribution is 5.95. The standard InChI is InChI=1S/C18H28N2O/c1-2-3-4-5-6-11-18(21)20-14-15(12-13-19)16-9-7-8-10-17(16)20/h7-10,15H,2-6,11-14,19H2,1H3. The van der Waals surface area contributed by atoms with Crippen LogP contribution in [0.2, 0.25) is 0 Å². The van der Waals surface area contributed by atoms with Gasteiger partial charge in [0.15, 0.2) is 0 Å². The number of rotatable bonds is 8. The maximum atomic E-state index is 12.5. The van der Waals surface area contributed by atoms with Gasteiger partial charge in [0, 0.05) is 24.6 Å². The SMILES string of the molecule is CCCCCCCC(=O)N1CC(CCN)c2ccccc21. The highest BCUT2D eigenvalue weighted by Crippen LogP contribution is 2.38. The number of hydrogen-bond donors (Lipinski definition) is 1. The van der Waals surface area contributed by atoms with E-state index in [0.29, 0.717) is 18.9 Å². The molecule has 2 N–H and O–H groups in total. The summed E-state index contributed by atoms with van der Waals surface area (Å²) in [6, 6.07) is 8.29. The topological polar surface area (TPSA) is 46.3 Å². The lowest BCUT2D eigenvalue weighted by atomic mass is 9.98. The summed E-state index contributed by atoms with van der Waals surface area (Å²) in [7, 11) is 0. The van der Waals surface area contributed by atoms with Crippen LogP contribution in [0.25, 0.3) is 0 Å². The Morgan fingerprint density at radius 3 is 2.76 bits per heavy atom. The summed E-state index contributed by atoms with van der Waals surface area (Å²) >= 11 is 0. The van der Waals surface area contributed by atoms with Gasteiger partial charge in [-0.2, -0.15) is 0 Å². The van der Waals surface area contributed by atoms with Crippen LogP contribution in [0.5, 0.6) is 0 Å². The van der Waals surface area contributed by atoms with Gasteiger partial charge in [0.2, 0.25) is 5.91 Å². The van der Waals surface area contributed by atoms with Crippen LogP contribution < -0.4 is 10.6 Å². The van der Waals surface area contributed by atoms with Crippen molar-refractivity contribution in [3.63, 3.8) is 0 Å². The molecule has 0 fully saturated rings. The summed E-state index contributed by atoms with van der Waals surface area (Å²) in [6.07, 6.45) is 7.58. The molecule has 3 heteroatoms. The lowest BCUT2D eigenvalue weighted by Gasteiger charge is -2.18. The third-order valence-electron chi connectivity index (χ3n) is 4.38. The molecule has 1 aliphatic heterocycles. The van der Waals surface area contributed by atoms with Crippen molar-refractivity contribution in [1.82, 2.24) is 0 Å². The molecule has 1 aromatic rings. The first-order valence-electron chi connectivity index (χ1n) is 8.37. The van der Waals surface area contributed by atoms with Gasteiger partial charge in [0.1, 0.15) is 0 Å². The number of hydrogen-bond acceptors (Lipinski definition) is 2. The number of anilines is 1. The zero-order valence-electron chi connectivity index (χ0n) is 13.2. The van der Waals surface area contributed by atoms with E-state index in [1.165, 1.54) is 31.2 Å². The number of para-hydroxylation sites is 1. The van der Waals surface area contributed by atoms with Gasteiger partial charge in [0.25, 0.3) is 0 Å². The summed E-state index contributed by atoms with van der Waals surface area (Å²) < 4.78 is 0. The lowest BCUT2D eigenvalue weighted by Crippen LogP contribution is -2.29. The highest BCUT2D eigenvalue weighted by atomic mass is 16.2. The molecule has 0 radical (unpaired) electrons. The molecule has 1 unspecified atom stereocenters. The fourth-order valence-electron chi connectivity index (χ4n) is 3.19. The highest BCUT2D eigenvalue weighted by Gasteiger charge is 2.30. The average molecular weight is 288 g/mol. The lowest BCUT2D eigenvalue weighted by molar-refractivity contribution is -0.118. The molecule has 1 aliphatic rings. The fourth-order valence-corrected chi connectivity index (χ4v) is 3.19. The van der Waals surface area contributed by atoms with E-state index in [1.54, 1.807) is 0 Å². The van der Waals surface area contributed by atoms with Crippen molar-refractivity contribution in [2.75, 3.05) is 18.0 Å². The maximum absolute atomic E-state index is 12.5. The van der Waals surface area contributed by atoms with Crippen LogP contribution in [-0.2, 0) is 4.79 Å². The Morgan fingerprint density at radius 1 is 1.24 bits per heavy atom. The summed E-state index contributed by atoms with van der Waals surface area (Å²) in [5, 5.41) is 0. The molecule has 0 saturated carbocycles. The Labute approximate surface area is 128 Å². The fraction of sp³-hybridized carbons (Fsp3) is 0.611. The van der Waals surface area contributed by atoms with E-state index in [-0.39, 0.29) is 5.91 Å². The van der Waals surface area contributed by atoms with Crippen LogP contribution in [0, 0.1) is 0 Å². The summed E-state index contributed by atoms with van der Waals surface area (Å²) in [5.74, 6) is 0.689. The summed E-state index contributed by atoms with van der Waals surface area (Å²) in [5.41, 5.74) is 8.11. The van der Waals surface area contributed by atoms with Gasteiger partial charge in [-0.05, 0) is 31.0 Å². The predicted octanol–water partition coefficient (Wildman–Crippen LogP) is 3.83. The van der Waals surface area contributed by atoms with Crippen molar-refractivity contribution in [1.29, 1.82) is 0 Å². The Bertz CT molecular complexity index is 458. The second kappa shape index (κ2) is 8.18. The molecule has 1 aromatic carbocycles. The maximum Gasteiger partial charge on any atom is 0.227 e. The predicted molar refractivity (Wildman–Crippen MR) is 88.6 cm³/mol. The van der Waals surface area contributed by atoms with Crippen LogP contribution in [0.3, 0.4) is 0 Å². The third kappa shape index (κ3) is 4.07. The van der Waals surface area contributed by atoms with E-state index in [9.17, 15) is 4.79 Å². The molecule has 0 bridgehead atoms. The van der Waals surface area contributed by atoms with Gasteiger partial charge in [-0.25, -0.2) is 0 Å². The van der Waals surface area contributed by atoms with Crippen LogP contribution in [0.15, 0.2) is 24.3 Å². The van der Waals surface area contributed by atoms with Crippen LogP contribution in [-0.4, -0.2) is 19.0 Å². The van der Waals surface area contributed by atoms with Gasteiger partial charge in [-0.3, -0.25) is 4.79 Å². The van der Waals surface area contributed by atoms with Gasteiger partial charge in [0.05, 0.1) is 0 Å². The van der Waals surface area contributed by atoms with Crippen molar-refractivity contribution in [3.05, 3.63) is 29.8 Å². The number of fused-ring (bicyclic) bond motifs is 1. The number of benzene rings is 1. The molecule has 1 amide bonds. The van der Waals surface area contributed by atoms with Crippen LogP contribution >= 0.6 is 0 Å². The zero-order chi connectivity index (χ0) is 15.1. The van der Waals surface area contributed by atoms with Crippen molar-refractivity contribution in [3.8, 4) is 0 Å². The third-order valence-corrected chi connectivity index (χ3v) is 4.38. The monoisotopic (exact) mass is 288 g/mol. The molecular weight excluding hydrogens is 260 g/mol. The quantitative estimate of drug-likeness (QED) is 0.739. The van der Waals surface area contributed by atoms with Crippen LogP contribution in [0.4, 0.5) is 5.69 Å². The molecule has 1 heterocycles. The first kappa shape index (κ1) is 16.0. The number of amides is 1. The molecule has 1 atom stereocenters. The molecule has 0 aromatic heterocycles. The largest absolute Gasteiger partial charge is 0.330 e. The van der Waals surface area contributed by atoms with E-state index in [4.69, 9.17) is 5.73 Å². The van der Waals surface area contributed by atoms with Crippen molar-refractivity contribution in [2.24, 2.45) is 5.73 Å². The normalized spacial score (nSPS) is 17.0. The second-order valence-electron chi connectivity index (χ2n) is 6.00. The van der Waals surface area contributed by atoms with E-state index in [0.717, 1.165) is 25.1 Å². The Morgan fingerprint density at radius 2 is 2.00 bits per heavy atom. The first-order chi connectivity index (χ1) is 10.3. The minimum Gasteiger partial charge on any atom is -0.330 e. The Hall–Kier alpha value is -1.35. The van der Waals surface area contributed by atoms with Crippen molar-refractivity contribution in [2.45, 2.75) is 57.8 Å². The second-order valence-corrected chi connectivity index (χ2v) is 6.00. The van der Waals surface area contributed by atoms with Gasteiger partial charge < -0.3 is 10.6 Å². The van der Waals surface area contributed by atoms with Crippen molar-refractivity contribution < 1.29 is 4.79 Å². The Balaban J connectivity index is 1.93. The first-order valence-corrected chi connectivity index (χ1v) is 8.37. The molecule has 0 saturated heterocycles. The molecule has 0 aliphatic carbocycles. The minimum atomic E-state index is 0.276. The van der Waals surface area contributed by atoms with Crippen LogP contribution in [0.1, 0.15) is 63.4 Å². The van der Waals surface area contributed by atoms with Gasteiger partial charge >= 0.3 is 0 Å². The Kier molecular flexibility index (Phi) is 6.24. The van der Waals surface area contributed by atoms with E-state index in [1.807, 2.05) is 11.0 Å². The van der Waals surface area contributed by atoms with E-state index in [2.05, 4.69) is 25.1 Å². The molecular formula is C18H28N2O. The number of nitrogens with two attached hydrogens (primary N) is 1. The molecule has 3 nitrogen and oxygen atoms in total. The molecule has 116 valence electrons. The van der Waals surface area contributed by atoms with Gasteiger partial charge in [-0.1, -0.05) is 50.8 Å². The number of carbonyl (C=O) groups is 1. The van der Waals surface area contributed by atoms with Gasteiger partial charge in [-0.15, -0.1) is 0 Å². The summed E-state index contributed by atoms with van der Waals surface area (Å²) in [6.45, 7) is 3.70. The minimum absolute atomic E-state index is 0.276. The summed E-state index contributed by atoms with van der Waals surface area (Å²) in [4.78, 5) is 14.5. The number of carbonyl (C=O) groups excluding carboxylic acids is 1. The molecule has 21 heavy (non-hydrogen) atoms. The zero-order valence-corrected chi connectivity index (χ0v) is 13.2. The smallest absolute Gasteiger partial charge is 0.227 e. The number of unbranched alkanes of at least 4 members (excludes halogenated alkanes) is 4. The van der Waals surface area contributed by atoms with Crippen molar-refractivity contribution >= 4 is 11.6 Å². The average Bonchev–Trinajstić information content (AvgIpc) is 2.87.